The first-order chi connectivity index (χ1) is 11.1. The summed E-state index contributed by atoms with van der Waals surface area (Å²) < 4.78 is 0. The van der Waals surface area contributed by atoms with Crippen LogP contribution in [0.2, 0.25) is 5.02 Å². The van der Waals surface area contributed by atoms with Gasteiger partial charge in [0.25, 0.3) is 0 Å². The Balaban J connectivity index is 1.78. The van der Waals surface area contributed by atoms with Crippen molar-refractivity contribution in [3.05, 3.63) is 34.9 Å². The molecule has 128 valence electrons. The number of rotatable bonds is 7. The molecule has 0 radical (unpaired) electrons. The Morgan fingerprint density at radius 1 is 1.30 bits per heavy atom. The van der Waals surface area contributed by atoms with Gasteiger partial charge in [0.05, 0.1) is 13.2 Å². The Kier molecular flexibility index (Phi) is 7.30. The number of aliphatic hydroxyl groups is 1. The lowest BCUT2D eigenvalue weighted by molar-refractivity contribution is -0.134. The molecular weight excluding hydrogens is 314 g/mol. The van der Waals surface area contributed by atoms with Gasteiger partial charge in [-0.05, 0) is 24.2 Å². The number of benzene rings is 1. The summed E-state index contributed by atoms with van der Waals surface area (Å²) in [6, 6.07) is 7.93. The summed E-state index contributed by atoms with van der Waals surface area (Å²) in [7, 11) is 0. The van der Waals surface area contributed by atoms with Crippen LogP contribution in [0.1, 0.15) is 12.5 Å². The SMILES string of the molecule is CCN(CCO)CC(=O)N1CCN(Cc2cccc(Cl)c2)CC1. The topological polar surface area (TPSA) is 47.0 Å². The number of piperazine rings is 1. The smallest absolute Gasteiger partial charge is 0.236 e. The molecule has 0 saturated carbocycles. The molecule has 1 heterocycles. The van der Waals surface area contributed by atoms with Crippen molar-refractivity contribution in [2.75, 3.05) is 52.4 Å². The van der Waals surface area contributed by atoms with Crippen LogP contribution in [-0.4, -0.2) is 78.1 Å². The molecule has 0 aromatic heterocycles. The van der Waals surface area contributed by atoms with Gasteiger partial charge in [-0.3, -0.25) is 14.6 Å². The first-order valence-corrected chi connectivity index (χ1v) is 8.58. The number of hydrogen-bond donors (Lipinski definition) is 1. The van der Waals surface area contributed by atoms with Crippen molar-refractivity contribution in [1.29, 1.82) is 0 Å². The van der Waals surface area contributed by atoms with E-state index in [2.05, 4.69) is 11.0 Å². The number of halogens is 1. The molecule has 0 unspecified atom stereocenters. The minimum absolute atomic E-state index is 0.0918. The summed E-state index contributed by atoms with van der Waals surface area (Å²) >= 11 is 6.02. The summed E-state index contributed by atoms with van der Waals surface area (Å²) in [4.78, 5) is 18.6. The summed E-state index contributed by atoms with van der Waals surface area (Å²) in [5.74, 6) is 0.155. The van der Waals surface area contributed by atoms with E-state index in [-0.39, 0.29) is 12.5 Å². The largest absolute Gasteiger partial charge is 0.395 e. The Morgan fingerprint density at radius 2 is 2.04 bits per heavy atom. The van der Waals surface area contributed by atoms with E-state index in [0.717, 1.165) is 44.3 Å². The van der Waals surface area contributed by atoms with Gasteiger partial charge in [-0.1, -0.05) is 30.7 Å². The molecular formula is C17H26ClN3O2. The van der Waals surface area contributed by atoms with Gasteiger partial charge in [0, 0.05) is 44.3 Å². The van der Waals surface area contributed by atoms with Crippen LogP contribution in [0.5, 0.6) is 0 Å². The number of carbonyl (C=O) groups excluding carboxylic acids is 1. The summed E-state index contributed by atoms with van der Waals surface area (Å²) in [6.07, 6.45) is 0. The highest BCUT2D eigenvalue weighted by molar-refractivity contribution is 6.30. The summed E-state index contributed by atoms with van der Waals surface area (Å²) in [6.45, 7) is 7.97. The highest BCUT2D eigenvalue weighted by atomic mass is 35.5. The normalized spacial score (nSPS) is 16.1. The van der Waals surface area contributed by atoms with E-state index < -0.39 is 0 Å². The first kappa shape index (κ1) is 18.2. The van der Waals surface area contributed by atoms with Crippen LogP contribution in [0.25, 0.3) is 0 Å². The number of nitrogens with zero attached hydrogens (tertiary/aromatic N) is 3. The maximum atomic E-state index is 12.3. The third kappa shape index (κ3) is 5.77. The van der Waals surface area contributed by atoms with Crippen LogP contribution in [-0.2, 0) is 11.3 Å². The van der Waals surface area contributed by atoms with E-state index in [4.69, 9.17) is 16.7 Å². The zero-order chi connectivity index (χ0) is 16.7. The fraction of sp³-hybridized carbons (Fsp3) is 0.588. The van der Waals surface area contributed by atoms with Crippen LogP contribution in [0, 0.1) is 0 Å². The molecule has 1 fully saturated rings. The van der Waals surface area contributed by atoms with Gasteiger partial charge in [0.2, 0.25) is 5.91 Å². The Labute approximate surface area is 143 Å². The minimum Gasteiger partial charge on any atom is -0.395 e. The fourth-order valence-corrected chi connectivity index (χ4v) is 3.04. The summed E-state index contributed by atoms with van der Waals surface area (Å²) in [5, 5.41) is 9.77. The Hall–Kier alpha value is -1.14. The lowest BCUT2D eigenvalue weighted by atomic mass is 10.2. The van der Waals surface area contributed by atoms with E-state index in [0.29, 0.717) is 13.1 Å². The van der Waals surface area contributed by atoms with Gasteiger partial charge in [0.15, 0.2) is 0 Å². The molecule has 0 atom stereocenters. The van der Waals surface area contributed by atoms with Gasteiger partial charge in [0.1, 0.15) is 0 Å². The molecule has 5 nitrogen and oxygen atoms in total. The molecule has 23 heavy (non-hydrogen) atoms. The molecule has 2 rings (SSSR count). The van der Waals surface area contributed by atoms with Crippen molar-refractivity contribution < 1.29 is 9.90 Å². The number of amides is 1. The molecule has 6 heteroatoms. The van der Waals surface area contributed by atoms with Crippen LogP contribution in [0.4, 0.5) is 0 Å². The number of carbonyl (C=O) groups is 1. The number of hydrogen-bond acceptors (Lipinski definition) is 4. The van der Waals surface area contributed by atoms with E-state index in [9.17, 15) is 4.79 Å². The minimum atomic E-state index is 0.0918. The Morgan fingerprint density at radius 3 is 2.65 bits per heavy atom. The maximum absolute atomic E-state index is 12.3. The molecule has 0 aliphatic carbocycles. The predicted molar refractivity (Wildman–Crippen MR) is 92.5 cm³/mol. The molecule has 1 aliphatic heterocycles. The van der Waals surface area contributed by atoms with E-state index >= 15 is 0 Å². The number of aliphatic hydroxyl groups excluding tert-OH is 1. The van der Waals surface area contributed by atoms with Crippen LogP contribution >= 0.6 is 11.6 Å². The van der Waals surface area contributed by atoms with Gasteiger partial charge in [-0.25, -0.2) is 0 Å². The zero-order valence-electron chi connectivity index (χ0n) is 13.7. The lowest BCUT2D eigenvalue weighted by Crippen LogP contribution is -2.51. The quantitative estimate of drug-likeness (QED) is 0.813. The monoisotopic (exact) mass is 339 g/mol. The molecule has 1 aromatic carbocycles. The third-order valence-corrected chi connectivity index (χ3v) is 4.48. The Bertz CT molecular complexity index is 504. The zero-order valence-corrected chi connectivity index (χ0v) is 14.5. The predicted octanol–water partition coefficient (Wildman–Crippen LogP) is 1.30. The molecule has 1 N–H and O–H groups in total. The van der Waals surface area contributed by atoms with Crippen molar-refractivity contribution in [2.24, 2.45) is 0 Å². The van der Waals surface area contributed by atoms with Gasteiger partial charge < -0.3 is 10.0 Å². The first-order valence-electron chi connectivity index (χ1n) is 8.20. The van der Waals surface area contributed by atoms with Crippen molar-refractivity contribution in [3.63, 3.8) is 0 Å². The van der Waals surface area contributed by atoms with Crippen molar-refractivity contribution in [3.8, 4) is 0 Å². The second-order valence-electron chi connectivity index (χ2n) is 5.88. The second-order valence-corrected chi connectivity index (χ2v) is 6.32. The van der Waals surface area contributed by atoms with E-state index in [1.165, 1.54) is 5.56 Å². The number of likely N-dealkylation sites (N-methyl/N-ethyl adjacent to an activating group) is 1. The molecule has 1 aromatic rings. The standard InChI is InChI=1S/C17H26ClN3O2/c1-2-19(10-11-22)14-17(23)21-8-6-20(7-9-21)13-15-4-3-5-16(18)12-15/h3-5,12,22H,2,6-11,13-14H2,1H3. The molecule has 0 bridgehead atoms. The maximum Gasteiger partial charge on any atom is 0.236 e. The van der Waals surface area contributed by atoms with Crippen molar-refractivity contribution >= 4 is 17.5 Å². The van der Waals surface area contributed by atoms with E-state index in [1.54, 1.807) is 0 Å². The molecule has 0 spiro atoms. The average molecular weight is 340 g/mol. The van der Waals surface area contributed by atoms with Crippen LogP contribution in [0.3, 0.4) is 0 Å². The van der Waals surface area contributed by atoms with Crippen LogP contribution < -0.4 is 0 Å². The fourth-order valence-electron chi connectivity index (χ4n) is 2.83. The van der Waals surface area contributed by atoms with Crippen molar-refractivity contribution in [2.45, 2.75) is 13.5 Å². The molecule has 1 saturated heterocycles. The average Bonchev–Trinajstić information content (AvgIpc) is 2.55. The van der Waals surface area contributed by atoms with E-state index in [1.807, 2.05) is 34.9 Å². The van der Waals surface area contributed by atoms with Gasteiger partial charge >= 0.3 is 0 Å². The third-order valence-electron chi connectivity index (χ3n) is 4.24. The van der Waals surface area contributed by atoms with Crippen LogP contribution in [0.15, 0.2) is 24.3 Å². The molecule has 1 aliphatic rings. The lowest BCUT2D eigenvalue weighted by Gasteiger charge is -2.35. The summed E-state index contributed by atoms with van der Waals surface area (Å²) in [5.41, 5.74) is 1.21. The molecule has 1 amide bonds. The second kappa shape index (κ2) is 9.23. The van der Waals surface area contributed by atoms with Gasteiger partial charge in [-0.2, -0.15) is 0 Å². The highest BCUT2D eigenvalue weighted by Crippen LogP contribution is 2.14. The van der Waals surface area contributed by atoms with Gasteiger partial charge in [-0.15, -0.1) is 0 Å². The highest BCUT2D eigenvalue weighted by Gasteiger charge is 2.22. The van der Waals surface area contributed by atoms with Crippen molar-refractivity contribution in [1.82, 2.24) is 14.7 Å².